The quantitative estimate of drug-likeness (QED) is 0.201. The van der Waals surface area contributed by atoms with Gasteiger partial charge in [0.2, 0.25) is 0 Å². The maximum atomic E-state index is 4.93. The fourth-order valence-electron chi connectivity index (χ4n) is 10.8. The van der Waals surface area contributed by atoms with E-state index in [2.05, 4.69) is 33.9 Å². The first-order chi connectivity index (χ1) is 16.3. The van der Waals surface area contributed by atoms with Crippen molar-refractivity contribution in [2.75, 3.05) is 0 Å². The first kappa shape index (κ1) is 33.9. The summed E-state index contributed by atoms with van der Waals surface area (Å²) in [5, 5.41) is 0. The van der Waals surface area contributed by atoms with Crippen molar-refractivity contribution in [1.29, 1.82) is 0 Å². The summed E-state index contributed by atoms with van der Waals surface area (Å²) in [6.45, 7) is 13.4. The zero-order valence-corrected chi connectivity index (χ0v) is 30.0. The second-order valence-electron chi connectivity index (χ2n) is 14.1. The average Bonchev–Trinajstić information content (AvgIpc) is 3.53. The predicted octanol–water partition coefficient (Wildman–Crippen LogP) is 11.8. The molecule has 0 aromatic heterocycles. The van der Waals surface area contributed by atoms with Crippen LogP contribution in [0.3, 0.4) is 0 Å². The molecule has 11 atom stereocenters. The normalized spacial score (nSPS) is 41.9. The van der Waals surface area contributed by atoms with E-state index >= 15 is 0 Å². The van der Waals surface area contributed by atoms with Crippen molar-refractivity contribution in [3.8, 4) is 0 Å². The Labute approximate surface area is 247 Å². The van der Waals surface area contributed by atoms with Crippen molar-refractivity contribution in [2.24, 2.45) is 53.3 Å². The molecule has 0 spiro atoms. The van der Waals surface area contributed by atoms with E-state index in [0.29, 0.717) is 0 Å². The van der Waals surface area contributed by atoms with Crippen molar-refractivity contribution in [3.05, 3.63) is 14.9 Å². The molecule has 5 saturated carbocycles. The van der Waals surface area contributed by atoms with Gasteiger partial charge in [0.05, 0.1) is 8.07 Å². The Morgan fingerprint density at radius 2 is 1.25 bits per heavy atom. The molecule has 4 heteroatoms. The van der Waals surface area contributed by atoms with E-state index < -0.39 is 28.9 Å². The van der Waals surface area contributed by atoms with Gasteiger partial charge in [0, 0.05) is 0 Å². The molecule has 0 aromatic rings. The third-order valence-electron chi connectivity index (χ3n) is 12.6. The Balaban J connectivity index is 0.000000871. The number of hydrogen-bond acceptors (Lipinski definition) is 0. The van der Waals surface area contributed by atoms with Crippen LogP contribution in [-0.2, 0) is 20.8 Å². The molecule has 0 heterocycles. The molecule has 11 unspecified atom stereocenters. The Kier molecular flexibility index (Phi) is 14.2. The molecule has 0 bridgehead atoms. The topological polar surface area (TPSA) is 0 Å². The molecule has 36 heavy (non-hydrogen) atoms. The zero-order chi connectivity index (χ0) is 24.5. The van der Waals surface area contributed by atoms with Crippen LogP contribution < -0.4 is 0 Å². The van der Waals surface area contributed by atoms with Crippen molar-refractivity contribution in [3.63, 3.8) is 0 Å². The average molecular weight is 635 g/mol. The minimum absolute atomic E-state index is 0. The van der Waals surface area contributed by atoms with Gasteiger partial charge in [0.25, 0.3) is 0 Å². The summed E-state index contributed by atoms with van der Waals surface area (Å²) < 4.78 is 0. The molecule has 5 aliphatic carbocycles. The van der Waals surface area contributed by atoms with Gasteiger partial charge in [-0.2, -0.15) is 0 Å². The summed E-state index contributed by atoms with van der Waals surface area (Å²) in [5.74, 6) is 9.89. The monoisotopic (exact) mass is 632 g/mol. The molecule has 5 aliphatic rings. The van der Waals surface area contributed by atoms with Gasteiger partial charge in [-0.25, -0.2) is 0 Å². The van der Waals surface area contributed by atoms with Crippen LogP contribution in [0.15, 0.2) is 0 Å². The number of halogens is 2. The van der Waals surface area contributed by atoms with Gasteiger partial charge in [-0.1, -0.05) is 85.2 Å². The van der Waals surface area contributed by atoms with Gasteiger partial charge in [0.15, 0.2) is 0 Å². The summed E-state index contributed by atoms with van der Waals surface area (Å²) in [6, 6.07) is 0. The predicted molar refractivity (Wildman–Crippen MR) is 163 cm³/mol. The molecule has 0 amide bonds. The zero-order valence-electron chi connectivity index (χ0n) is 25.0. The van der Waals surface area contributed by atoms with Crippen LogP contribution in [-0.4, -0.2) is 8.07 Å². The van der Waals surface area contributed by atoms with Crippen LogP contribution >= 0.6 is 17.0 Å². The van der Waals surface area contributed by atoms with Gasteiger partial charge >= 0.3 is 37.9 Å². The molecule has 5 fully saturated rings. The number of rotatable bonds is 6. The summed E-state index contributed by atoms with van der Waals surface area (Å²) >= 11 is -0.826. The Morgan fingerprint density at radius 3 is 1.83 bits per heavy atom. The van der Waals surface area contributed by atoms with Crippen LogP contribution in [0.5, 0.6) is 0 Å². The SMILES string of the molecule is CCC(C)CC1CC([Si](C)(C)C2CC(CC)C3CCCCC32)C2CC3CCCC3CC12.[CH3-].[CH3-].[Cl][Zr+2][Cl]. The van der Waals surface area contributed by atoms with Crippen molar-refractivity contribution < 1.29 is 20.8 Å². The van der Waals surface area contributed by atoms with Crippen molar-refractivity contribution >= 4 is 25.1 Å². The second-order valence-corrected chi connectivity index (χ2v) is 23.0. The number of hydrogen-bond donors (Lipinski definition) is 0. The first-order valence-corrected chi connectivity index (χ1v) is 24.8. The number of fused-ring (bicyclic) bond motifs is 3. The summed E-state index contributed by atoms with van der Waals surface area (Å²) in [7, 11) is 8.61. The summed E-state index contributed by atoms with van der Waals surface area (Å²) in [4.78, 5) is 0. The summed E-state index contributed by atoms with van der Waals surface area (Å²) in [6.07, 6.45) is 22.0. The van der Waals surface area contributed by atoms with E-state index in [1.165, 1.54) is 12.8 Å². The van der Waals surface area contributed by atoms with E-state index in [9.17, 15) is 0 Å². The molecule has 5 rings (SSSR count). The van der Waals surface area contributed by atoms with Crippen LogP contribution in [0, 0.1) is 68.1 Å². The standard InChI is InChI=1S/C30H54Si.2CH3.2ClH.Zr/c1-6-20(3)15-24-19-30(28-17-23-12-10-11-22(23)16-27(24)28)31(4,5)29-18-21(7-2)25-13-8-9-14-26(25)29;;;;;/h20-30H,6-19H2,1-5H3;2*1H3;2*1H;/q;2*-1;;;+4/p-2. The van der Waals surface area contributed by atoms with Gasteiger partial charge in [-0.3, -0.25) is 0 Å². The summed E-state index contributed by atoms with van der Waals surface area (Å²) in [5.41, 5.74) is 2.33. The van der Waals surface area contributed by atoms with Crippen molar-refractivity contribution in [2.45, 2.75) is 135 Å². The maximum absolute atomic E-state index is 4.93. The molecule has 0 nitrogen and oxygen atoms in total. The van der Waals surface area contributed by atoms with E-state index in [-0.39, 0.29) is 14.9 Å². The fourth-order valence-corrected chi connectivity index (χ4v) is 16.2. The Morgan fingerprint density at radius 1 is 0.722 bits per heavy atom. The van der Waals surface area contributed by atoms with Crippen LogP contribution in [0.25, 0.3) is 0 Å². The van der Waals surface area contributed by atoms with E-state index in [4.69, 9.17) is 17.0 Å². The van der Waals surface area contributed by atoms with E-state index in [1.807, 2.05) is 0 Å². The van der Waals surface area contributed by atoms with Crippen LogP contribution in [0.1, 0.15) is 111 Å². The molecule has 210 valence electrons. The van der Waals surface area contributed by atoms with E-state index in [0.717, 1.165) is 64.3 Å². The van der Waals surface area contributed by atoms with E-state index in [1.54, 1.807) is 77.0 Å². The third kappa shape index (κ3) is 6.93. The molecule has 0 aromatic carbocycles. The minimum atomic E-state index is -1.26. The van der Waals surface area contributed by atoms with Crippen molar-refractivity contribution in [1.82, 2.24) is 0 Å². The molecule has 0 saturated heterocycles. The third-order valence-corrected chi connectivity index (χ3v) is 17.7. The Hall–Kier alpha value is 1.68. The second kappa shape index (κ2) is 15.1. The molecular formula is C32H60Cl2SiZr. The van der Waals surface area contributed by atoms with Crippen LogP contribution in [0.4, 0.5) is 0 Å². The van der Waals surface area contributed by atoms with Crippen LogP contribution in [0.2, 0.25) is 24.2 Å². The fraction of sp³-hybridized carbons (Fsp3) is 0.938. The molecule has 0 N–H and O–H groups in total. The first-order valence-electron chi connectivity index (χ1n) is 15.3. The van der Waals surface area contributed by atoms with Gasteiger partial charge in [-0.15, -0.1) is 0 Å². The molecule has 0 radical (unpaired) electrons. The molecular weight excluding hydrogens is 575 g/mol. The van der Waals surface area contributed by atoms with Gasteiger partial charge in [-0.05, 0) is 103 Å². The van der Waals surface area contributed by atoms with Gasteiger partial charge < -0.3 is 14.9 Å². The molecule has 0 aliphatic heterocycles. The van der Waals surface area contributed by atoms with Gasteiger partial charge in [0.1, 0.15) is 0 Å². The Bertz CT molecular complexity index is 642.